The fraction of sp³-hybridized carbons (Fsp3) is 0.929. The fourth-order valence-corrected chi connectivity index (χ4v) is 2.77. The van der Waals surface area contributed by atoms with Crippen molar-refractivity contribution in [3.05, 3.63) is 0 Å². The fourth-order valence-electron chi connectivity index (χ4n) is 2.77. The molecular formula is C14H24F3NO2. The van der Waals surface area contributed by atoms with Gasteiger partial charge < -0.3 is 10.1 Å². The maximum atomic E-state index is 12.8. The molecule has 0 bridgehead atoms. The van der Waals surface area contributed by atoms with Crippen molar-refractivity contribution in [2.75, 3.05) is 7.11 Å². The topological polar surface area (TPSA) is 38.3 Å². The molecule has 0 radical (unpaired) electrons. The molecule has 0 aliphatic heterocycles. The number of halogens is 3. The number of carbonyl (C=O) groups is 1. The summed E-state index contributed by atoms with van der Waals surface area (Å²) in [6, 6.07) is -0.782. The summed E-state index contributed by atoms with van der Waals surface area (Å²) in [6.07, 6.45) is -2.11. The van der Waals surface area contributed by atoms with Crippen LogP contribution in [0.15, 0.2) is 0 Å². The van der Waals surface area contributed by atoms with Gasteiger partial charge in [-0.2, -0.15) is 13.2 Å². The first-order chi connectivity index (χ1) is 9.24. The predicted molar refractivity (Wildman–Crippen MR) is 70.2 cm³/mol. The quantitative estimate of drug-likeness (QED) is 0.791. The van der Waals surface area contributed by atoms with Crippen LogP contribution in [-0.4, -0.2) is 31.3 Å². The lowest BCUT2D eigenvalue weighted by Gasteiger charge is -2.33. The molecule has 0 aromatic heterocycles. The van der Waals surface area contributed by atoms with Crippen LogP contribution in [0, 0.1) is 11.8 Å². The Morgan fingerprint density at radius 3 is 2.50 bits per heavy atom. The Balaban J connectivity index is 2.61. The highest BCUT2D eigenvalue weighted by Gasteiger charge is 2.42. The highest BCUT2D eigenvalue weighted by molar-refractivity contribution is 5.75. The average Bonchev–Trinajstić information content (AvgIpc) is 2.36. The van der Waals surface area contributed by atoms with Crippen molar-refractivity contribution in [2.24, 2.45) is 11.8 Å². The molecule has 1 rings (SSSR count). The molecule has 0 amide bonds. The van der Waals surface area contributed by atoms with Crippen molar-refractivity contribution in [2.45, 2.75) is 64.2 Å². The third-order valence-electron chi connectivity index (χ3n) is 3.77. The number of hydrogen-bond donors (Lipinski definition) is 1. The van der Waals surface area contributed by atoms with Crippen LogP contribution in [0.5, 0.6) is 0 Å². The van der Waals surface area contributed by atoms with Crippen LogP contribution in [0.1, 0.15) is 46.0 Å². The van der Waals surface area contributed by atoms with E-state index >= 15 is 0 Å². The summed E-state index contributed by atoms with van der Waals surface area (Å²) < 4.78 is 43.0. The molecular weight excluding hydrogens is 271 g/mol. The van der Waals surface area contributed by atoms with E-state index in [9.17, 15) is 18.0 Å². The second-order valence-electron chi connectivity index (χ2n) is 5.97. The van der Waals surface area contributed by atoms with E-state index in [4.69, 9.17) is 4.74 Å². The summed E-state index contributed by atoms with van der Waals surface area (Å²) in [7, 11) is 1.30. The lowest BCUT2D eigenvalue weighted by atomic mass is 9.84. The van der Waals surface area contributed by atoms with Gasteiger partial charge >= 0.3 is 12.1 Å². The zero-order valence-electron chi connectivity index (χ0n) is 12.3. The first kappa shape index (κ1) is 17.3. The molecule has 0 aromatic rings. The lowest BCUT2D eigenvalue weighted by Crippen LogP contribution is -2.47. The molecule has 0 heterocycles. The molecule has 1 aliphatic carbocycles. The molecule has 20 heavy (non-hydrogen) atoms. The summed E-state index contributed by atoms with van der Waals surface area (Å²) in [4.78, 5) is 11.7. The molecule has 3 unspecified atom stereocenters. The van der Waals surface area contributed by atoms with Gasteiger partial charge in [-0.05, 0) is 31.6 Å². The Hall–Kier alpha value is -0.780. The van der Waals surface area contributed by atoms with E-state index in [2.05, 4.69) is 5.32 Å². The van der Waals surface area contributed by atoms with Crippen LogP contribution in [0.4, 0.5) is 13.2 Å². The smallest absolute Gasteiger partial charge is 0.391 e. The van der Waals surface area contributed by atoms with E-state index in [1.54, 1.807) is 0 Å². The Labute approximate surface area is 118 Å². The number of alkyl halides is 3. The Morgan fingerprint density at radius 1 is 1.35 bits per heavy atom. The maximum Gasteiger partial charge on any atom is 0.391 e. The molecule has 0 spiro atoms. The van der Waals surface area contributed by atoms with Crippen molar-refractivity contribution in [3.8, 4) is 0 Å². The molecule has 1 saturated carbocycles. The van der Waals surface area contributed by atoms with Gasteiger partial charge in [-0.25, -0.2) is 0 Å². The molecule has 0 saturated heterocycles. The molecule has 118 valence electrons. The number of rotatable bonds is 5. The maximum absolute atomic E-state index is 12.8. The van der Waals surface area contributed by atoms with Gasteiger partial charge in [0.25, 0.3) is 0 Å². The van der Waals surface area contributed by atoms with Crippen LogP contribution in [0.25, 0.3) is 0 Å². The van der Waals surface area contributed by atoms with E-state index in [1.807, 2.05) is 13.8 Å². The van der Waals surface area contributed by atoms with Gasteiger partial charge in [-0.1, -0.05) is 20.3 Å². The highest BCUT2D eigenvalue weighted by Crippen LogP contribution is 2.37. The summed E-state index contributed by atoms with van der Waals surface area (Å²) in [5, 5.41) is 3.07. The van der Waals surface area contributed by atoms with Crippen LogP contribution < -0.4 is 5.32 Å². The second kappa shape index (κ2) is 7.29. The first-order valence-electron chi connectivity index (χ1n) is 7.14. The summed E-state index contributed by atoms with van der Waals surface area (Å²) in [6.45, 7) is 3.94. The van der Waals surface area contributed by atoms with Crippen LogP contribution in [0.2, 0.25) is 0 Å². The van der Waals surface area contributed by atoms with E-state index < -0.39 is 24.1 Å². The van der Waals surface area contributed by atoms with Gasteiger partial charge in [0.2, 0.25) is 0 Å². The van der Waals surface area contributed by atoms with Gasteiger partial charge in [-0.15, -0.1) is 0 Å². The lowest BCUT2D eigenvalue weighted by molar-refractivity contribution is -0.184. The standard InChI is InChI=1S/C14H24F3NO2/c1-9(2)7-12(13(19)20-3)18-11-6-4-5-10(8-11)14(15,16)17/h9-12,18H,4-8H2,1-3H3. The zero-order chi connectivity index (χ0) is 15.3. The SMILES string of the molecule is COC(=O)C(CC(C)C)NC1CCCC(C(F)(F)F)C1. The Bertz CT molecular complexity index is 318. The number of esters is 1. The molecule has 1 N–H and O–H groups in total. The number of hydrogen-bond acceptors (Lipinski definition) is 3. The van der Waals surface area contributed by atoms with Gasteiger partial charge in [0.1, 0.15) is 6.04 Å². The molecule has 3 nitrogen and oxygen atoms in total. The van der Waals surface area contributed by atoms with Gasteiger partial charge in [0, 0.05) is 6.04 Å². The molecule has 6 heteroatoms. The number of nitrogens with one attached hydrogen (secondary N) is 1. The van der Waals surface area contributed by atoms with Crippen molar-refractivity contribution >= 4 is 5.97 Å². The first-order valence-corrected chi connectivity index (χ1v) is 7.14. The third-order valence-corrected chi connectivity index (χ3v) is 3.77. The molecule has 1 fully saturated rings. The zero-order valence-corrected chi connectivity index (χ0v) is 12.3. The number of ether oxygens (including phenoxy) is 1. The van der Waals surface area contributed by atoms with Crippen molar-refractivity contribution in [1.82, 2.24) is 5.32 Å². The van der Waals surface area contributed by atoms with Gasteiger partial charge in [0.05, 0.1) is 13.0 Å². The van der Waals surface area contributed by atoms with E-state index in [1.165, 1.54) is 7.11 Å². The Kier molecular flexibility index (Phi) is 6.30. The highest BCUT2D eigenvalue weighted by atomic mass is 19.4. The number of carbonyl (C=O) groups excluding carboxylic acids is 1. The normalized spacial score (nSPS) is 25.6. The van der Waals surface area contributed by atoms with Crippen molar-refractivity contribution in [3.63, 3.8) is 0 Å². The van der Waals surface area contributed by atoms with Crippen molar-refractivity contribution in [1.29, 1.82) is 0 Å². The number of methoxy groups -OCH3 is 1. The molecule has 0 aromatic carbocycles. The predicted octanol–water partition coefficient (Wildman–Crippen LogP) is 3.28. The van der Waals surface area contributed by atoms with Crippen molar-refractivity contribution < 1.29 is 22.7 Å². The third kappa shape index (κ3) is 5.31. The minimum Gasteiger partial charge on any atom is -0.468 e. The minimum absolute atomic E-state index is 0.0507. The Morgan fingerprint density at radius 2 is 2.00 bits per heavy atom. The van der Waals surface area contributed by atoms with E-state index in [0.29, 0.717) is 19.3 Å². The molecule has 1 aliphatic rings. The van der Waals surface area contributed by atoms with Gasteiger partial charge in [0.15, 0.2) is 0 Å². The summed E-state index contributed by atoms with van der Waals surface area (Å²) >= 11 is 0. The summed E-state index contributed by atoms with van der Waals surface area (Å²) in [5.41, 5.74) is 0. The second-order valence-corrected chi connectivity index (χ2v) is 5.97. The van der Waals surface area contributed by atoms with Gasteiger partial charge in [-0.3, -0.25) is 4.79 Å². The van der Waals surface area contributed by atoms with E-state index in [-0.39, 0.29) is 24.8 Å². The summed E-state index contributed by atoms with van der Waals surface area (Å²) in [5.74, 6) is -1.38. The minimum atomic E-state index is -4.14. The van der Waals surface area contributed by atoms with Crippen LogP contribution >= 0.6 is 0 Å². The van der Waals surface area contributed by atoms with Crippen LogP contribution in [0.3, 0.4) is 0 Å². The average molecular weight is 295 g/mol. The largest absolute Gasteiger partial charge is 0.468 e. The van der Waals surface area contributed by atoms with Crippen LogP contribution in [-0.2, 0) is 9.53 Å². The monoisotopic (exact) mass is 295 g/mol. The van der Waals surface area contributed by atoms with E-state index in [0.717, 1.165) is 0 Å². The molecule has 3 atom stereocenters.